The average Bonchev–Trinajstić information content (AvgIpc) is 2.98. The Bertz CT molecular complexity index is 643. The predicted molar refractivity (Wildman–Crippen MR) is 117 cm³/mol. The van der Waals surface area contributed by atoms with Crippen molar-refractivity contribution in [2.45, 2.75) is 111 Å². The third-order valence-corrected chi connectivity index (χ3v) is 10.1. The van der Waals surface area contributed by atoms with Gasteiger partial charge in [0.15, 0.2) is 0 Å². The monoisotopic (exact) mass is 401 g/mol. The molecule has 3 heteroatoms. The lowest BCUT2D eigenvalue weighted by Gasteiger charge is -2.60. The van der Waals surface area contributed by atoms with Gasteiger partial charge in [-0.2, -0.15) is 0 Å². The van der Waals surface area contributed by atoms with Crippen LogP contribution in [0.25, 0.3) is 0 Å². The highest BCUT2D eigenvalue weighted by molar-refractivity contribution is 5.79. The first-order valence-corrected chi connectivity index (χ1v) is 12.5. The SMILES string of the molecule is CC(C)NC(=O)CCC[C@H]1CCC2C3CCC4CC(=O)CC[C@]4(C)C3CC[C@@]21C. The largest absolute Gasteiger partial charge is 0.354 e. The van der Waals surface area contributed by atoms with E-state index in [-0.39, 0.29) is 11.9 Å². The molecule has 29 heavy (non-hydrogen) atoms. The maximum atomic E-state index is 12.1. The minimum atomic E-state index is 0.224. The van der Waals surface area contributed by atoms with Gasteiger partial charge in [-0.3, -0.25) is 9.59 Å². The molecule has 0 aromatic rings. The van der Waals surface area contributed by atoms with Crippen LogP contribution in [0.5, 0.6) is 0 Å². The number of carbonyl (C=O) groups is 2. The molecule has 4 aliphatic carbocycles. The van der Waals surface area contributed by atoms with Crippen LogP contribution in [-0.2, 0) is 9.59 Å². The molecule has 0 spiro atoms. The Morgan fingerprint density at radius 1 is 1.03 bits per heavy atom. The van der Waals surface area contributed by atoms with Gasteiger partial charge in [0.1, 0.15) is 5.78 Å². The number of Topliss-reactive ketones (excluding diaryl/α,β-unsaturated/α-hetero) is 1. The number of nitrogens with one attached hydrogen (secondary N) is 1. The van der Waals surface area contributed by atoms with Gasteiger partial charge in [0, 0.05) is 25.3 Å². The zero-order chi connectivity index (χ0) is 20.8. The van der Waals surface area contributed by atoms with Gasteiger partial charge in [-0.25, -0.2) is 0 Å². The molecule has 0 aliphatic heterocycles. The first-order chi connectivity index (χ1) is 13.7. The van der Waals surface area contributed by atoms with Crippen molar-refractivity contribution >= 4 is 11.7 Å². The van der Waals surface area contributed by atoms with E-state index in [0.29, 0.717) is 29.0 Å². The van der Waals surface area contributed by atoms with E-state index in [9.17, 15) is 9.59 Å². The van der Waals surface area contributed by atoms with E-state index in [4.69, 9.17) is 0 Å². The molecular formula is C26H43NO2. The molecule has 0 radical (unpaired) electrons. The van der Waals surface area contributed by atoms with Gasteiger partial charge in [0.25, 0.3) is 0 Å². The summed E-state index contributed by atoms with van der Waals surface area (Å²) in [6, 6.07) is 0.248. The standard InChI is InChI=1S/C26H43NO2/c1-17(2)27-24(29)7-5-6-18-9-11-22-21-10-8-19-16-20(28)12-14-26(19,4)23(21)13-15-25(18,22)3/h17-19,21-23H,5-16H2,1-4H3,(H,27,29)/t18-,19?,21?,22?,23?,25+,26-/m0/s1. The molecule has 3 nitrogen and oxygen atoms in total. The number of hydrogen-bond donors (Lipinski definition) is 1. The lowest BCUT2D eigenvalue weighted by Crippen LogP contribution is -2.53. The molecule has 0 aromatic heterocycles. The molecular weight excluding hydrogens is 358 g/mol. The van der Waals surface area contributed by atoms with Crippen molar-refractivity contribution in [2.75, 3.05) is 0 Å². The molecule has 0 bridgehead atoms. The maximum Gasteiger partial charge on any atom is 0.220 e. The Morgan fingerprint density at radius 2 is 1.79 bits per heavy atom. The first kappa shape index (κ1) is 21.4. The van der Waals surface area contributed by atoms with Crippen molar-refractivity contribution in [2.24, 2.45) is 40.4 Å². The van der Waals surface area contributed by atoms with Crippen LogP contribution in [-0.4, -0.2) is 17.7 Å². The molecule has 0 saturated heterocycles. The summed E-state index contributed by atoms with van der Waals surface area (Å²) in [6.07, 6.45) is 14.0. The van der Waals surface area contributed by atoms with Crippen LogP contribution in [0.2, 0.25) is 0 Å². The summed E-state index contributed by atoms with van der Waals surface area (Å²) in [4.78, 5) is 24.1. The molecule has 4 fully saturated rings. The molecule has 4 unspecified atom stereocenters. The third kappa shape index (κ3) is 3.81. The van der Waals surface area contributed by atoms with Gasteiger partial charge >= 0.3 is 0 Å². The smallest absolute Gasteiger partial charge is 0.220 e. The van der Waals surface area contributed by atoms with E-state index in [1.54, 1.807) is 0 Å². The second-order valence-corrected chi connectivity index (χ2v) is 11.8. The van der Waals surface area contributed by atoms with E-state index < -0.39 is 0 Å². The zero-order valence-corrected chi connectivity index (χ0v) is 19.3. The lowest BCUT2D eigenvalue weighted by molar-refractivity contribution is -0.139. The fraction of sp³-hybridized carbons (Fsp3) is 0.923. The summed E-state index contributed by atoms with van der Waals surface area (Å²) >= 11 is 0. The number of ketones is 1. The number of rotatable bonds is 5. The molecule has 0 aromatic carbocycles. The quantitative estimate of drug-likeness (QED) is 0.622. The third-order valence-electron chi connectivity index (χ3n) is 10.1. The minimum absolute atomic E-state index is 0.224. The van der Waals surface area contributed by atoms with Crippen molar-refractivity contribution in [1.82, 2.24) is 5.32 Å². The molecule has 4 rings (SSSR count). The normalized spacial score (nSPS) is 44.2. The number of hydrogen-bond acceptors (Lipinski definition) is 2. The highest BCUT2D eigenvalue weighted by Gasteiger charge is 2.59. The topological polar surface area (TPSA) is 46.2 Å². The van der Waals surface area contributed by atoms with Crippen molar-refractivity contribution in [3.8, 4) is 0 Å². The summed E-state index contributed by atoms with van der Waals surface area (Å²) in [7, 11) is 0. The summed E-state index contributed by atoms with van der Waals surface area (Å²) in [5, 5.41) is 3.04. The Kier molecular flexibility index (Phi) is 5.90. The zero-order valence-electron chi connectivity index (χ0n) is 19.3. The van der Waals surface area contributed by atoms with Gasteiger partial charge in [-0.1, -0.05) is 13.8 Å². The van der Waals surface area contributed by atoms with E-state index in [1.165, 1.54) is 44.9 Å². The fourth-order valence-electron chi connectivity index (χ4n) is 8.53. The van der Waals surface area contributed by atoms with Gasteiger partial charge in [-0.15, -0.1) is 0 Å². The van der Waals surface area contributed by atoms with E-state index >= 15 is 0 Å². The summed E-state index contributed by atoms with van der Waals surface area (Å²) in [5.41, 5.74) is 0.911. The fourth-order valence-corrected chi connectivity index (χ4v) is 8.53. The van der Waals surface area contributed by atoms with E-state index in [1.807, 2.05) is 13.8 Å². The van der Waals surface area contributed by atoms with Crippen molar-refractivity contribution in [3.63, 3.8) is 0 Å². The predicted octanol–water partition coefficient (Wildman–Crippen LogP) is 5.91. The number of fused-ring (bicyclic) bond motifs is 5. The van der Waals surface area contributed by atoms with Gasteiger partial charge < -0.3 is 5.32 Å². The van der Waals surface area contributed by atoms with Gasteiger partial charge in [0.05, 0.1) is 0 Å². The Morgan fingerprint density at radius 3 is 2.55 bits per heavy atom. The van der Waals surface area contributed by atoms with Gasteiger partial charge in [-0.05, 0) is 112 Å². The average molecular weight is 402 g/mol. The highest BCUT2D eigenvalue weighted by atomic mass is 16.1. The molecule has 1 N–H and O–H groups in total. The minimum Gasteiger partial charge on any atom is -0.354 e. The Balaban J connectivity index is 1.40. The van der Waals surface area contributed by atoms with Gasteiger partial charge in [0.2, 0.25) is 5.91 Å². The first-order valence-electron chi connectivity index (χ1n) is 12.5. The lowest BCUT2D eigenvalue weighted by atomic mass is 9.44. The maximum absolute atomic E-state index is 12.1. The number of carbonyl (C=O) groups excluding carboxylic acids is 2. The molecule has 164 valence electrons. The second kappa shape index (κ2) is 8.00. The molecule has 4 saturated carbocycles. The van der Waals surface area contributed by atoms with E-state index in [0.717, 1.165) is 49.4 Å². The van der Waals surface area contributed by atoms with Crippen LogP contribution in [0.1, 0.15) is 105 Å². The second-order valence-electron chi connectivity index (χ2n) is 11.8. The summed E-state index contributed by atoms with van der Waals surface area (Å²) in [5.74, 6) is 4.83. The van der Waals surface area contributed by atoms with Crippen molar-refractivity contribution in [1.29, 1.82) is 0 Å². The molecule has 0 heterocycles. The van der Waals surface area contributed by atoms with Crippen LogP contribution in [0.4, 0.5) is 0 Å². The van der Waals surface area contributed by atoms with Crippen molar-refractivity contribution < 1.29 is 9.59 Å². The van der Waals surface area contributed by atoms with E-state index in [2.05, 4.69) is 19.2 Å². The molecule has 4 aliphatic rings. The Labute approximate surface area is 178 Å². The molecule has 7 atom stereocenters. The van der Waals surface area contributed by atoms with Crippen LogP contribution < -0.4 is 5.32 Å². The van der Waals surface area contributed by atoms with Crippen molar-refractivity contribution in [3.05, 3.63) is 0 Å². The molecule has 1 amide bonds. The van der Waals surface area contributed by atoms with Crippen LogP contribution in [0, 0.1) is 40.4 Å². The summed E-state index contributed by atoms with van der Waals surface area (Å²) < 4.78 is 0. The van der Waals surface area contributed by atoms with Crippen LogP contribution in [0.3, 0.4) is 0 Å². The Hall–Kier alpha value is -0.860. The highest BCUT2D eigenvalue weighted by Crippen LogP contribution is 2.67. The number of amides is 1. The van der Waals surface area contributed by atoms with Crippen LogP contribution >= 0.6 is 0 Å². The summed E-state index contributed by atoms with van der Waals surface area (Å²) in [6.45, 7) is 9.22. The van der Waals surface area contributed by atoms with Crippen LogP contribution in [0.15, 0.2) is 0 Å².